The average Bonchev–Trinajstić information content (AvgIpc) is 2.48. The van der Waals surface area contributed by atoms with Gasteiger partial charge in [-0.25, -0.2) is 0 Å². The van der Waals surface area contributed by atoms with Gasteiger partial charge in [0.25, 0.3) is 0 Å². The number of halogens is 1. The lowest BCUT2D eigenvalue weighted by Gasteiger charge is -2.35. The molecule has 0 aromatic heterocycles. The molecule has 1 saturated heterocycles. The van der Waals surface area contributed by atoms with Gasteiger partial charge in [0.1, 0.15) is 0 Å². The Morgan fingerprint density at radius 2 is 1.86 bits per heavy atom. The fraction of sp³-hybridized carbons (Fsp3) is 0.588. The highest BCUT2D eigenvalue weighted by atomic mass is 35.5. The van der Waals surface area contributed by atoms with Crippen molar-refractivity contribution in [3.63, 3.8) is 0 Å². The number of hydrogen-bond donors (Lipinski definition) is 2. The number of hydrogen-bond acceptors (Lipinski definition) is 3. The first-order chi connectivity index (χ1) is 10.1. The molecule has 3 N–H and O–H groups in total. The monoisotopic (exact) mass is 325 g/mol. The van der Waals surface area contributed by atoms with Gasteiger partial charge in [-0.15, -0.1) is 12.4 Å². The Morgan fingerprint density at radius 1 is 1.27 bits per heavy atom. The van der Waals surface area contributed by atoms with Crippen molar-refractivity contribution < 1.29 is 4.79 Å². The molecule has 0 aliphatic carbocycles. The highest BCUT2D eigenvalue weighted by Gasteiger charge is 2.22. The number of rotatable bonds is 5. The molecule has 1 aromatic rings. The number of carbonyl (C=O) groups is 1. The average molecular weight is 326 g/mol. The van der Waals surface area contributed by atoms with E-state index in [1.807, 2.05) is 30.3 Å². The van der Waals surface area contributed by atoms with Gasteiger partial charge in [0.15, 0.2) is 0 Å². The van der Waals surface area contributed by atoms with Crippen molar-refractivity contribution in [2.45, 2.75) is 51.2 Å². The van der Waals surface area contributed by atoms with Crippen molar-refractivity contribution in [2.24, 2.45) is 5.73 Å². The van der Waals surface area contributed by atoms with Crippen LogP contribution in [0.2, 0.25) is 0 Å². The summed E-state index contributed by atoms with van der Waals surface area (Å²) < 4.78 is 0. The number of piperidine rings is 1. The predicted molar refractivity (Wildman–Crippen MR) is 93.1 cm³/mol. The molecule has 124 valence electrons. The molecule has 0 spiro atoms. The number of likely N-dealkylation sites (tertiary alicyclic amines) is 1. The molecule has 0 radical (unpaired) electrons. The minimum Gasteiger partial charge on any atom is -0.353 e. The van der Waals surface area contributed by atoms with Crippen LogP contribution in [0.4, 0.5) is 0 Å². The Balaban J connectivity index is 0.00000242. The van der Waals surface area contributed by atoms with Gasteiger partial charge in [-0.2, -0.15) is 0 Å². The highest BCUT2D eigenvalue weighted by molar-refractivity contribution is 5.85. The first-order valence-corrected chi connectivity index (χ1v) is 7.90. The van der Waals surface area contributed by atoms with Gasteiger partial charge in [-0.05, 0) is 32.3 Å². The van der Waals surface area contributed by atoms with Gasteiger partial charge < -0.3 is 16.0 Å². The molecule has 1 atom stereocenters. The topological polar surface area (TPSA) is 58.4 Å². The Labute approximate surface area is 139 Å². The number of carbonyl (C=O) groups excluding carboxylic acids is 1. The molecule has 1 amide bonds. The third-order valence-electron chi connectivity index (χ3n) is 4.26. The Hall–Kier alpha value is -1.10. The summed E-state index contributed by atoms with van der Waals surface area (Å²) in [4.78, 5) is 14.6. The summed E-state index contributed by atoms with van der Waals surface area (Å²) in [5, 5.41) is 3.13. The number of nitrogens with one attached hydrogen (secondary N) is 1. The maximum absolute atomic E-state index is 12.1. The van der Waals surface area contributed by atoms with Crippen LogP contribution in [0.25, 0.3) is 0 Å². The SMILES string of the molecule is CC(C)N1CCC(NC(=O)CC(N)c2ccccc2)CC1.Cl. The van der Waals surface area contributed by atoms with Gasteiger partial charge in [0, 0.05) is 37.6 Å². The van der Waals surface area contributed by atoms with Gasteiger partial charge in [0.05, 0.1) is 0 Å². The smallest absolute Gasteiger partial charge is 0.222 e. The van der Waals surface area contributed by atoms with Crippen molar-refractivity contribution in [3.05, 3.63) is 35.9 Å². The molecule has 2 rings (SSSR count). The zero-order chi connectivity index (χ0) is 15.2. The van der Waals surface area contributed by atoms with E-state index in [4.69, 9.17) is 5.73 Å². The van der Waals surface area contributed by atoms with Gasteiger partial charge in [-0.1, -0.05) is 30.3 Å². The van der Waals surface area contributed by atoms with E-state index in [1.165, 1.54) is 0 Å². The molecule has 1 aromatic carbocycles. The van der Waals surface area contributed by atoms with Crippen LogP contribution in [-0.4, -0.2) is 36.0 Å². The zero-order valence-electron chi connectivity index (χ0n) is 13.5. The molecule has 0 bridgehead atoms. The van der Waals surface area contributed by atoms with E-state index in [-0.39, 0.29) is 24.4 Å². The summed E-state index contributed by atoms with van der Waals surface area (Å²) in [5.74, 6) is 0.0642. The Morgan fingerprint density at radius 3 is 2.41 bits per heavy atom. The molecular formula is C17H28ClN3O. The third kappa shape index (κ3) is 5.59. The predicted octanol–water partition coefficient (Wildman–Crippen LogP) is 2.49. The standard InChI is InChI=1S/C17H27N3O.ClH/c1-13(2)20-10-8-15(9-11-20)19-17(21)12-16(18)14-6-4-3-5-7-14;/h3-7,13,15-16H,8-12,18H2,1-2H3,(H,19,21);1H. The summed E-state index contributed by atoms with van der Waals surface area (Å²) in [6.07, 6.45) is 2.42. The van der Waals surface area contributed by atoms with Crippen molar-refractivity contribution >= 4 is 18.3 Å². The Bertz CT molecular complexity index is 444. The molecule has 1 aliphatic rings. The lowest BCUT2D eigenvalue weighted by Crippen LogP contribution is -2.47. The third-order valence-corrected chi connectivity index (χ3v) is 4.26. The fourth-order valence-electron chi connectivity index (χ4n) is 2.86. The molecule has 1 fully saturated rings. The van der Waals surface area contributed by atoms with Crippen molar-refractivity contribution in [1.29, 1.82) is 0 Å². The minimum absolute atomic E-state index is 0. The number of nitrogens with two attached hydrogens (primary N) is 1. The van der Waals surface area contributed by atoms with Crippen LogP contribution < -0.4 is 11.1 Å². The largest absolute Gasteiger partial charge is 0.353 e. The number of amides is 1. The van der Waals surface area contributed by atoms with Gasteiger partial charge >= 0.3 is 0 Å². The molecule has 4 nitrogen and oxygen atoms in total. The normalized spacial score (nSPS) is 17.8. The summed E-state index contributed by atoms with van der Waals surface area (Å²) >= 11 is 0. The van der Waals surface area contributed by atoms with Crippen LogP contribution in [0.15, 0.2) is 30.3 Å². The fourth-order valence-corrected chi connectivity index (χ4v) is 2.86. The van der Waals surface area contributed by atoms with Crippen molar-refractivity contribution in [2.75, 3.05) is 13.1 Å². The molecule has 22 heavy (non-hydrogen) atoms. The van der Waals surface area contributed by atoms with E-state index < -0.39 is 0 Å². The quantitative estimate of drug-likeness (QED) is 0.874. The second kappa shape index (κ2) is 9.13. The van der Waals surface area contributed by atoms with E-state index in [0.29, 0.717) is 18.5 Å². The summed E-state index contributed by atoms with van der Waals surface area (Å²) in [5.41, 5.74) is 7.11. The van der Waals surface area contributed by atoms with Crippen LogP contribution >= 0.6 is 12.4 Å². The van der Waals surface area contributed by atoms with Crippen molar-refractivity contribution in [3.8, 4) is 0 Å². The number of nitrogens with zero attached hydrogens (tertiary/aromatic N) is 1. The molecule has 1 aliphatic heterocycles. The molecule has 0 saturated carbocycles. The maximum Gasteiger partial charge on any atom is 0.222 e. The van der Waals surface area contributed by atoms with E-state index in [9.17, 15) is 4.79 Å². The zero-order valence-corrected chi connectivity index (χ0v) is 14.3. The van der Waals surface area contributed by atoms with Gasteiger partial charge in [-0.3, -0.25) is 4.79 Å². The van der Waals surface area contributed by atoms with Gasteiger partial charge in [0.2, 0.25) is 5.91 Å². The summed E-state index contributed by atoms with van der Waals surface area (Å²) in [6, 6.07) is 10.5. The highest BCUT2D eigenvalue weighted by Crippen LogP contribution is 2.15. The first kappa shape index (κ1) is 18.9. The van der Waals surface area contributed by atoms with Crippen LogP contribution in [0, 0.1) is 0 Å². The van der Waals surface area contributed by atoms with Crippen LogP contribution in [0.3, 0.4) is 0 Å². The molecular weight excluding hydrogens is 298 g/mol. The van der Waals surface area contributed by atoms with E-state index in [1.54, 1.807) is 0 Å². The van der Waals surface area contributed by atoms with Crippen LogP contribution in [0.1, 0.15) is 44.7 Å². The summed E-state index contributed by atoms with van der Waals surface area (Å²) in [6.45, 7) is 6.57. The molecule has 1 unspecified atom stereocenters. The molecule has 5 heteroatoms. The van der Waals surface area contributed by atoms with Crippen LogP contribution in [0.5, 0.6) is 0 Å². The first-order valence-electron chi connectivity index (χ1n) is 7.90. The number of benzene rings is 1. The maximum atomic E-state index is 12.1. The lowest BCUT2D eigenvalue weighted by atomic mass is 10.0. The Kier molecular flexibility index (Phi) is 7.87. The second-order valence-electron chi connectivity index (χ2n) is 6.19. The van der Waals surface area contributed by atoms with E-state index in [0.717, 1.165) is 31.5 Å². The minimum atomic E-state index is -0.220. The van der Waals surface area contributed by atoms with Crippen molar-refractivity contribution in [1.82, 2.24) is 10.2 Å². The molecule has 1 heterocycles. The second-order valence-corrected chi connectivity index (χ2v) is 6.19. The van der Waals surface area contributed by atoms with E-state index in [2.05, 4.69) is 24.1 Å². The van der Waals surface area contributed by atoms with E-state index >= 15 is 0 Å². The lowest BCUT2D eigenvalue weighted by molar-refractivity contribution is -0.122. The summed E-state index contributed by atoms with van der Waals surface area (Å²) in [7, 11) is 0. The van der Waals surface area contributed by atoms with Crippen LogP contribution in [-0.2, 0) is 4.79 Å².